The summed E-state index contributed by atoms with van der Waals surface area (Å²) >= 11 is 0. The van der Waals surface area contributed by atoms with E-state index in [1.54, 1.807) is 7.11 Å². The number of amides is 1. The molecule has 1 heterocycles. The van der Waals surface area contributed by atoms with Crippen molar-refractivity contribution in [2.75, 3.05) is 13.7 Å². The van der Waals surface area contributed by atoms with E-state index < -0.39 is 0 Å². The number of methoxy groups -OCH3 is 1. The lowest BCUT2D eigenvalue weighted by atomic mass is 10.0. The van der Waals surface area contributed by atoms with Crippen LogP contribution in [-0.2, 0) is 17.9 Å². The molecule has 1 amide bonds. The van der Waals surface area contributed by atoms with E-state index in [2.05, 4.69) is 6.92 Å². The number of ether oxygens (including phenoxy) is 1. The average molecular weight is 276 g/mol. The summed E-state index contributed by atoms with van der Waals surface area (Å²) in [5.41, 5.74) is 7.77. The molecule has 0 saturated carbocycles. The van der Waals surface area contributed by atoms with E-state index in [4.69, 9.17) is 10.5 Å². The van der Waals surface area contributed by atoms with Crippen LogP contribution >= 0.6 is 0 Å². The molecule has 2 N–H and O–H groups in total. The van der Waals surface area contributed by atoms with Crippen LogP contribution in [0.15, 0.2) is 18.2 Å². The molecule has 20 heavy (non-hydrogen) atoms. The summed E-state index contributed by atoms with van der Waals surface area (Å²) in [7, 11) is 1.65. The second-order valence-electron chi connectivity index (χ2n) is 5.60. The van der Waals surface area contributed by atoms with Crippen LogP contribution in [0.25, 0.3) is 0 Å². The Morgan fingerprint density at radius 1 is 1.40 bits per heavy atom. The summed E-state index contributed by atoms with van der Waals surface area (Å²) < 4.78 is 5.35. The predicted molar refractivity (Wildman–Crippen MR) is 79.3 cm³/mol. The van der Waals surface area contributed by atoms with Crippen LogP contribution < -0.4 is 10.5 Å². The van der Waals surface area contributed by atoms with Crippen LogP contribution in [0.2, 0.25) is 0 Å². The summed E-state index contributed by atoms with van der Waals surface area (Å²) in [4.78, 5) is 14.1. The number of nitrogens with zero attached hydrogens (tertiary/aromatic N) is 1. The number of carbonyl (C=O) groups is 1. The van der Waals surface area contributed by atoms with E-state index in [0.717, 1.165) is 36.3 Å². The molecule has 1 fully saturated rings. The van der Waals surface area contributed by atoms with Gasteiger partial charge in [0.1, 0.15) is 5.75 Å². The van der Waals surface area contributed by atoms with E-state index in [1.807, 2.05) is 23.1 Å². The maximum atomic E-state index is 12.1. The summed E-state index contributed by atoms with van der Waals surface area (Å²) in [6.07, 6.45) is 2.76. The number of hydrogen-bond acceptors (Lipinski definition) is 3. The Kier molecular flexibility index (Phi) is 5.01. The molecule has 0 radical (unpaired) electrons. The van der Waals surface area contributed by atoms with Gasteiger partial charge in [-0.25, -0.2) is 0 Å². The van der Waals surface area contributed by atoms with Gasteiger partial charge >= 0.3 is 0 Å². The van der Waals surface area contributed by atoms with E-state index in [-0.39, 0.29) is 5.91 Å². The molecule has 1 aliphatic heterocycles. The highest BCUT2D eigenvalue weighted by atomic mass is 16.5. The normalized spacial score (nSPS) is 19.9. The monoisotopic (exact) mass is 276 g/mol. The number of hydrogen-bond donors (Lipinski definition) is 1. The zero-order chi connectivity index (χ0) is 14.5. The van der Waals surface area contributed by atoms with Gasteiger partial charge in [-0.3, -0.25) is 4.79 Å². The average Bonchev–Trinajstić information content (AvgIpc) is 2.62. The van der Waals surface area contributed by atoms with Gasteiger partial charge in [0.2, 0.25) is 5.91 Å². The summed E-state index contributed by atoms with van der Waals surface area (Å²) in [5, 5.41) is 0. The van der Waals surface area contributed by atoms with Crippen LogP contribution in [0.1, 0.15) is 37.3 Å². The first-order chi connectivity index (χ1) is 9.63. The highest BCUT2D eigenvalue weighted by molar-refractivity contribution is 5.76. The van der Waals surface area contributed by atoms with Crippen molar-refractivity contribution in [3.05, 3.63) is 29.3 Å². The van der Waals surface area contributed by atoms with Crippen molar-refractivity contribution in [1.29, 1.82) is 0 Å². The number of likely N-dealkylation sites (tertiary alicyclic amines) is 1. The zero-order valence-electron chi connectivity index (χ0n) is 12.4. The Bertz CT molecular complexity index is 474. The molecule has 1 atom stereocenters. The fourth-order valence-electron chi connectivity index (χ4n) is 2.62. The Balaban J connectivity index is 2.10. The quantitative estimate of drug-likeness (QED) is 0.918. The van der Waals surface area contributed by atoms with Gasteiger partial charge in [-0.2, -0.15) is 0 Å². The maximum absolute atomic E-state index is 12.1. The fraction of sp³-hybridized carbons (Fsp3) is 0.562. The Morgan fingerprint density at radius 2 is 2.20 bits per heavy atom. The van der Waals surface area contributed by atoms with E-state index >= 15 is 0 Å². The van der Waals surface area contributed by atoms with Crippen molar-refractivity contribution in [3.63, 3.8) is 0 Å². The lowest BCUT2D eigenvalue weighted by Crippen LogP contribution is -2.29. The highest BCUT2D eigenvalue weighted by Crippen LogP contribution is 2.23. The minimum absolute atomic E-state index is 0.260. The van der Waals surface area contributed by atoms with Crippen LogP contribution in [0.5, 0.6) is 5.75 Å². The van der Waals surface area contributed by atoms with Gasteiger partial charge in [-0.05, 0) is 30.4 Å². The van der Waals surface area contributed by atoms with Gasteiger partial charge in [0.05, 0.1) is 7.11 Å². The fourth-order valence-corrected chi connectivity index (χ4v) is 2.62. The van der Waals surface area contributed by atoms with Crippen LogP contribution in [0.3, 0.4) is 0 Å². The molecule has 0 aromatic heterocycles. The number of rotatable bonds is 4. The van der Waals surface area contributed by atoms with Crippen molar-refractivity contribution < 1.29 is 9.53 Å². The smallest absolute Gasteiger partial charge is 0.222 e. The lowest BCUT2D eigenvalue weighted by molar-refractivity contribution is -0.131. The first-order valence-corrected chi connectivity index (χ1v) is 7.27. The minimum atomic E-state index is 0.260. The molecule has 0 bridgehead atoms. The molecule has 0 aliphatic carbocycles. The number of nitrogens with two attached hydrogens (primary N) is 1. The Hall–Kier alpha value is -1.55. The maximum Gasteiger partial charge on any atom is 0.222 e. The topological polar surface area (TPSA) is 55.6 Å². The standard InChI is InChI=1S/C16H24N2O2/c1-12-3-6-16(19)18(8-7-12)11-13-4-5-14(10-17)15(9-13)20-2/h4-5,9,12H,3,6-8,10-11,17H2,1-2H3. The van der Waals surface area contributed by atoms with Crippen LogP contribution in [0, 0.1) is 5.92 Å². The molecule has 1 aromatic carbocycles. The van der Waals surface area contributed by atoms with Gasteiger partial charge in [-0.1, -0.05) is 19.1 Å². The van der Waals surface area contributed by atoms with Gasteiger partial charge < -0.3 is 15.4 Å². The van der Waals surface area contributed by atoms with Crippen molar-refractivity contribution in [3.8, 4) is 5.75 Å². The Morgan fingerprint density at radius 3 is 2.90 bits per heavy atom. The molecular weight excluding hydrogens is 252 g/mol. The van der Waals surface area contributed by atoms with Gasteiger partial charge in [0, 0.05) is 31.6 Å². The third kappa shape index (κ3) is 3.51. The molecule has 4 nitrogen and oxygen atoms in total. The van der Waals surface area contributed by atoms with Gasteiger partial charge in [-0.15, -0.1) is 0 Å². The SMILES string of the molecule is COc1cc(CN2CCC(C)CCC2=O)ccc1CN. The third-order valence-corrected chi connectivity index (χ3v) is 4.04. The molecule has 0 spiro atoms. The zero-order valence-corrected chi connectivity index (χ0v) is 12.4. The molecule has 1 saturated heterocycles. The molecule has 110 valence electrons. The van der Waals surface area contributed by atoms with Crippen molar-refractivity contribution in [2.24, 2.45) is 11.7 Å². The van der Waals surface area contributed by atoms with Crippen LogP contribution in [0.4, 0.5) is 0 Å². The Labute approximate surface area is 120 Å². The molecule has 1 aliphatic rings. The lowest BCUT2D eigenvalue weighted by Gasteiger charge is -2.21. The molecule has 2 rings (SSSR count). The summed E-state index contributed by atoms with van der Waals surface area (Å²) in [6.45, 7) is 4.19. The molecular formula is C16H24N2O2. The highest BCUT2D eigenvalue weighted by Gasteiger charge is 2.20. The van der Waals surface area contributed by atoms with Crippen molar-refractivity contribution >= 4 is 5.91 Å². The summed E-state index contributed by atoms with van der Waals surface area (Å²) in [6, 6.07) is 6.01. The summed E-state index contributed by atoms with van der Waals surface area (Å²) in [5.74, 6) is 1.70. The first kappa shape index (κ1) is 14.9. The number of carbonyl (C=O) groups excluding carboxylic acids is 1. The largest absolute Gasteiger partial charge is 0.496 e. The van der Waals surface area contributed by atoms with Crippen LogP contribution in [-0.4, -0.2) is 24.5 Å². The number of benzene rings is 1. The van der Waals surface area contributed by atoms with E-state index in [0.29, 0.717) is 25.4 Å². The van der Waals surface area contributed by atoms with Crippen molar-refractivity contribution in [1.82, 2.24) is 4.90 Å². The van der Waals surface area contributed by atoms with Crippen molar-refractivity contribution in [2.45, 2.75) is 39.3 Å². The first-order valence-electron chi connectivity index (χ1n) is 7.27. The third-order valence-electron chi connectivity index (χ3n) is 4.04. The second kappa shape index (κ2) is 6.75. The minimum Gasteiger partial charge on any atom is -0.496 e. The molecule has 4 heteroatoms. The molecule has 1 unspecified atom stereocenters. The van der Waals surface area contributed by atoms with Gasteiger partial charge in [0.25, 0.3) is 0 Å². The molecule has 1 aromatic rings. The predicted octanol–water partition coefficient (Wildman–Crippen LogP) is 2.30. The van der Waals surface area contributed by atoms with E-state index in [1.165, 1.54) is 0 Å². The van der Waals surface area contributed by atoms with Gasteiger partial charge in [0.15, 0.2) is 0 Å². The second-order valence-corrected chi connectivity index (χ2v) is 5.60. The van der Waals surface area contributed by atoms with E-state index in [9.17, 15) is 4.79 Å².